The lowest BCUT2D eigenvalue weighted by atomic mass is 9.93. The molecule has 1 unspecified atom stereocenters. The van der Waals surface area contributed by atoms with E-state index in [-0.39, 0.29) is 11.9 Å². The first-order valence-corrected chi connectivity index (χ1v) is 8.03. The number of piperidine rings is 1. The van der Waals surface area contributed by atoms with Crippen LogP contribution in [-0.2, 0) is 0 Å². The zero-order valence-electron chi connectivity index (χ0n) is 11.5. The summed E-state index contributed by atoms with van der Waals surface area (Å²) in [5.41, 5.74) is 11.9. The Kier molecular flexibility index (Phi) is 3.80. The van der Waals surface area contributed by atoms with Crippen molar-refractivity contribution in [1.82, 2.24) is 10.3 Å². The summed E-state index contributed by atoms with van der Waals surface area (Å²) in [5, 5.41) is 3.82. The maximum absolute atomic E-state index is 12.2. The summed E-state index contributed by atoms with van der Waals surface area (Å²) in [6, 6.07) is 0.497. The lowest BCUT2D eigenvalue weighted by molar-refractivity contribution is 0.0922. The van der Waals surface area contributed by atoms with Gasteiger partial charge < -0.3 is 21.7 Å². The Morgan fingerprint density at radius 1 is 1.35 bits per heavy atom. The molecule has 6 nitrogen and oxygen atoms in total. The zero-order chi connectivity index (χ0) is 14.1. The molecular formula is C13H21N5OS. The van der Waals surface area contributed by atoms with Gasteiger partial charge >= 0.3 is 0 Å². The van der Waals surface area contributed by atoms with Crippen LogP contribution in [0.5, 0.6) is 0 Å². The van der Waals surface area contributed by atoms with Crippen molar-refractivity contribution in [2.24, 2.45) is 5.73 Å². The van der Waals surface area contributed by atoms with Crippen molar-refractivity contribution in [3.05, 3.63) is 4.88 Å². The third kappa shape index (κ3) is 2.73. The molecule has 1 atom stereocenters. The number of nitrogens with two attached hydrogens (primary N) is 2. The molecule has 0 bridgehead atoms. The van der Waals surface area contributed by atoms with Crippen LogP contribution in [0.25, 0.3) is 0 Å². The summed E-state index contributed by atoms with van der Waals surface area (Å²) in [4.78, 5) is 19.2. The van der Waals surface area contributed by atoms with Crippen LogP contribution in [0.15, 0.2) is 0 Å². The van der Waals surface area contributed by atoms with Crippen LogP contribution in [0.3, 0.4) is 0 Å². The van der Waals surface area contributed by atoms with E-state index in [1.807, 2.05) is 0 Å². The number of hydrogen-bond donors (Lipinski definition) is 3. The molecule has 20 heavy (non-hydrogen) atoms. The number of nitrogens with one attached hydrogen (secondary N) is 1. The number of hydrogen-bond acceptors (Lipinski definition) is 6. The van der Waals surface area contributed by atoms with Crippen molar-refractivity contribution in [1.29, 1.82) is 0 Å². The number of rotatable bonds is 3. The van der Waals surface area contributed by atoms with Gasteiger partial charge in [0.2, 0.25) is 0 Å². The molecule has 5 N–H and O–H groups in total. The summed E-state index contributed by atoms with van der Waals surface area (Å²) >= 11 is 1.37. The molecule has 0 spiro atoms. The van der Waals surface area contributed by atoms with Gasteiger partial charge in [-0.25, -0.2) is 4.98 Å². The second kappa shape index (κ2) is 5.57. The van der Waals surface area contributed by atoms with Crippen molar-refractivity contribution in [2.45, 2.75) is 44.2 Å². The number of nitrogens with zero attached hydrogens (tertiary/aromatic N) is 2. The van der Waals surface area contributed by atoms with Gasteiger partial charge in [0.25, 0.3) is 5.91 Å². The predicted octanol–water partition coefficient (Wildman–Crippen LogP) is 0.935. The summed E-state index contributed by atoms with van der Waals surface area (Å²) in [7, 11) is 0. The highest BCUT2D eigenvalue weighted by Crippen LogP contribution is 2.30. The van der Waals surface area contributed by atoms with Crippen molar-refractivity contribution >= 4 is 28.2 Å². The quantitative estimate of drug-likeness (QED) is 0.771. The van der Waals surface area contributed by atoms with E-state index in [2.05, 4.69) is 15.2 Å². The molecule has 1 saturated carbocycles. The number of carbonyl (C=O) groups is 1. The van der Waals surface area contributed by atoms with Crippen LogP contribution in [0.2, 0.25) is 0 Å². The minimum atomic E-state index is -0.0859. The zero-order valence-corrected chi connectivity index (χ0v) is 12.3. The van der Waals surface area contributed by atoms with Gasteiger partial charge in [-0.1, -0.05) is 11.3 Å². The van der Waals surface area contributed by atoms with E-state index >= 15 is 0 Å². The molecule has 1 aliphatic carbocycles. The van der Waals surface area contributed by atoms with Crippen LogP contribution in [-0.4, -0.2) is 36.1 Å². The molecule has 7 heteroatoms. The molecule has 1 aromatic rings. The number of carbonyl (C=O) groups excluding carboxylic acids is 1. The van der Waals surface area contributed by atoms with E-state index in [9.17, 15) is 4.79 Å². The Labute approximate surface area is 122 Å². The van der Waals surface area contributed by atoms with Crippen LogP contribution in [0.4, 0.5) is 10.9 Å². The molecule has 110 valence electrons. The van der Waals surface area contributed by atoms with E-state index in [1.54, 1.807) is 0 Å². The smallest absolute Gasteiger partial charge is 0.265 e. The summed E-state index contributed by atoms with van der Waals surface area (Å²) in [6.45, 7) is 1.72. The number of amides is 1. The molecular weight excluding hydrogens is 274 g/mol. The number of thiazole rings is 1. The third-order valence-electron chi connectivity index (χ3n) is 4.02. The first kappa shape index (κ1) is 13.6. The van der Waals surface area contributed by atoms with Crippen molar-refractivity contribution in [3.63, 3.8) is 0 Å². The van der Waals surface area contributed by atoms with E-state index < -0.39 is 0 Å². The van der Waals surface area contributed by atoms with Gasteiger partial charge in [-0.05, 0) is 32.1 Å². The minimum absolute atomic E-state index is 0.0859. The van der Waals surface area contributed by atoms with Crippen LogP contribution < -0.4 is 21.7 Å². The first-order chi connectivity index (χ1) is 9.63. The van der Waals surface area contributed by atoms with Crippen LogP contribution in [0.1, 0.15) is 41.8 Å². The largest absolute Gasteiger partial charge is 0.382 e. The van der Waals surface area contributed by atoms with E-state index in [0.29, 0.717) is 16.7 Å². The maximum Gasteiger partial charge on any atom is 0.265 e. The van der Waals surface area contributed by atoms with Gasteiger partial charge in [-0.2, -0.15) is 0 Å². The van der Waals surface area contributed by atoms with Gasteiger partial charge in [-0.15, -0.1) is 0 Å². The topological polar surface area (TPSA) is 97.3 Å². The average molecular weight is 295 g/mol. The predicted molar refractivity (Wildman–Crippen MR) is 81.1 cm³/mol. The Hall–Kier alpha value is -1.34. The highest BCUT2D eigenvalue weighted by molar-refractivity contribution is 7.18. The molecule has 1 saturated heterocycles. The Balaban J connectivity index is 1.71. The monoisotopic (exact) mass is 295 g/mol. The molecule has 0 aromatic carbocycles. The first-order valence-electron chi connectivity index (χ1n) is 7.21. The Morgan fingerprint density at radius 2 is 2.15 bits per heavy atom. The van der Waals surface area contributed by atoms with E-state index in [1.165, 1.54) is 17.8 Å². The fourth-order valence-corrected chi connectivity index (χ4v) is 3.53. The third-order valence-corrected chi connectivity index (χ3v) is 5.15. The Bertz CT molecular complexity index is 499. The Morgan fingerprint density at radius 3 is 2.80 bits per heavy atom. The molecule has 1 aliphatic heterocycles. The molecule has 1 aromatic heterocycles. The summed E-state index contributed by atoms with van der Waals surface area (Å²) in [6.07, 6.45) is 5.44. The van der Waals surface area contributed by atoms with Gasteiger partial charge in [-0.3, -0.25) is 4.79 Å². The molecule has 3 rings (SSSR count). The SMILES string of the molecule is Nc1nc(N2CCCC(N)C2)sc1C(=O)NC1CCC1. The highest BCUT2D eigenvalue weighted by Gasteiger charge is 2.26. The van der Waals surface area contributed by atoms with Gasteiger partial charge in [0, 0.05) is 25.2 Å². The molecule has 2 fully saturated rings. The lowest BCUT2D eigenvalue weighted by Gasteiger charge is -2.30. The van der Waals surface area contributed by atoms with E-state index in [0.717, 1.165) is 43.9 Å². The van der Waals surface area contributed by atoms with E-state index in [4.69, 9.17) is 11.5 Å². The summed E-state index contributed by atoms with van der Waals surface area (Å²) < 4.78 is 0. The number of anilines is 2. The molecule has 1 amide bonds. The molecule has 2 aliphatic rings. The number of aromatic nitrogens is 1. The standard InChI is InChI=1S/C13H21N5OS/c14-8-3-2-6-18(7-8)13-17-11(15)10(20-13)12(19)16-9-4-1-5-9/h8-9H,1-7,14-15H2,(H,16,19). The normalized spacial score (nSPS) is 23.4. The van der Waals surface area contributed by atoms with Gasteiger partial charge in [0.1, 0.15) is 10.7 Å². The maximum atomic E-state index is 12.2. The van der Waals surface area contributed by atoms with Gasteiger partial charge in [0.15, 0.2) is 5.13 Å². The fraction of sp³-hybridized carbons (Fsp3) is 0.692. The van der Waals surface area contributed by atoms with Crippen molar-refractivity contribution in [2.75, 3.05) is 23.7 Å². The second-order valence-electron chi connectivity index (χ2n) is 5.66. The molecule has 2 heterocycles. The van der Waals surface area contributed by atoms with Gasteiger partial charge in [0.05, 0.1) is 0 Å². The van der Waals surface area contributed by atoms with Crippen LogP contribution in [0, 0.1) is 0 Å². The highest BCUT2D eigenvalue weighted by atomic mass is 32.1. The molecule has 0 radical (unpaired) electrons. The van der Waals surface area contributed by atoms with Crippen molar-refractivity contribution in [3.8, 4) is 0 Å². The average Bonchev–Trinajstić information content (AvgIpc) is 2.76. The number of nitrogen functional groups attached to an aromatic ring is 1. The summed E-state index contributed by atoms with van der Waals surface area (Å²) in [5.74, 6) is 0.248. The lowest BCUT2D eigenvalue weighted by Crippen LogP contribution is -2.42. The minimum Gasteiger partial charge on any atom is -0.382 e. The second-order valence-corrected chi connectivity index (χ2v) is 6.64. The fourth-order valence-electron chi connectivity index (χ4n) is 2.61. The van der Waals surface area contributed by atoms with Crippen molar-refractivity contribution < 1.29 is 4.79 Å². The van der Waals surface area contributed by atoms with Crippen LogP contribution >= 0.6 is 11.3 Å².